The number of carbonyl (C=O) groups is 1. The molecule has 7 rings (SSSR count). The Morgan fingerprint density at radius 1 is 1.14 bits per heavy atom. The third-order valence-corrected chi connectivity index (χ3v) is 8.81. The van der Waals surface area contributed by atoms with Crippen molar-refractivity contribution in [3.8, 4) is 11.5 Å². The van der Waals surface area contributed by atoms with Crippen LogP contribution in [0.1, 0.15) is 48.2 Å². The number of hydrogen-bond donors (Lipinski definition) is 0. The van der Waals surface area contributed by atoms with Gasteiger partial charge in [-0.1, -0.05) is 23.7 Å². The zero-order valence-electron chi connectivity index (χ0n) is 24.1. The highest BCUT2D eigenvalue weighted by Gasteiger charge is 2.32. The fourth-order valence-corrected chi connectivity index (χ4v) is 6.22. The van der Waals surface area contributed by atoms with Crippen LogP contribution >= 0.6 is 11.6 Å². The lowest BCUT2D eigenvalue weighted by molar-refractivity contribution is -0.0593. The summed E-state index contributed by atoms with van der Waals surface area (Å²) in [7, 11) is 0. The Morgan fingerprint density at radius 2 is 2.00 bits per heavy atom. The van der Waals surface area contributed by atoms with E-state index in [2.05, 4.69) is 26.3 Å². The molecule has 0 bridgehead atoms. The molecule has 2 saturated heterocycles. The van der Waals surface area contributed by atoms with Gasteiger partial charge in [-0.2, -0.15) is 0 Å². The van der Waals surface area contributed by atoms with Gasteiger partial charge in [-0.25, -0.2) is 14.4 Å². The van der Waals surface area contributed by atoms with Gasteiger partial charge in [0.05, 0.1) is 24.9 Å². The van der Waals surface area contributed by atoms with Crippen molar-refractivity contribution in [3.63, 3.8) is 0 Å². The van der Waals surface area contributed by atoms with Crippen LogP contribution in [0.25, 0.3) is 11.2 Å². The third-order valence-electron chi connectivity index (χ3n) is 8.58. The SMILES string of the molecule is CC(=O)c1ccc2nc(CN3CCN(c4cccc5c4O[C@H](c4ccc(Cl)cc4F)CO5)C[C@@H]3C)n(C[C@@H]3CCO3)c2n1. The number of pyridine rings is 1. The summed E-state index contributed by atoms with van der Waals surface area (Å²) >= 11 is 5.97. The van der Waals surface area contributed by atoms with E-state index in [-0.39, 0.29) is 24.5 Å². The number of Topliss-reactive ketones (excluding diaryl/α,β-unsaturated/α-hetero) is 1. The van der Waals surface area contributed by atoms with E-state index in [9.17, 15) is 9.18 Å². The molecule has 0 radical (unpaired) electrons. The van der Waals surface area contributed by atoms with Gasteiger partial charge in [-0.15, -0.1) is 0 Å². The van der Waals surface area contributed by atoms with Gasteiger partial charge in [0.25, 0.3) is 0 Å². The monoisotopic (exact) mass is 605 g/mol. The molecule has 0 unspecified atom stereocenters. The van der Waals surface area contributed by atoms with Crippen LogP contribution in [0.4, 0.5) is 10.1 Å². The van der Waals surface area contributed by atoms with Gasteiger partial charge >= 0.3 is 0 Å². The summed E-state index contributed by atoms with van der Waals surface area (Å²) in [6.07, 6.45) is 0.554. The second-order valence-corrected chi connectivity index (χ2v) is 11.9. The van der Waals surface area contributed by atoms with Gasteiger partial charge in [-0.3, -0.25) is 9.69 Å². The van der Waals surface area contributed by atoms with E-state index in [4.69, 9.17) is 30.8 Å². The minimum Gasteiger partial charge on any atom is -0.485 e. The second kappa shape index (κ2) is 11.4. The second-order valence-electron chi connectivity index (χ2n) is 11.5. The van der Waals surface area contributed by atoms with E-state index in [0.717, 1.165) is 55.3 Å². The van der Waals surface area contributed by atoms with Crippen LogP contribution in [0.3, 0.4) is 0 Å². The van der Waals surface area contributed by atoms with Gasteiger partial charge in [-0.05, 0) is 49.7 Å². The highest BCUT2D eigenvalue weighted by Crippen LogP contribution is 2.44. The largest absolute Gasteiger partial charge is 0.485 e. The van der Waals surface area contributed by atoms with Crippen molar-refractivity contribution in [2.24, 2.45) is 0 Å². The molecule has 2 aromatic heterocycles. The van der Waals surface area contributed by atoms with Crippen LogP contribution in [0, 0.1) is 5.82 Å². The number of ketones is 1. The normalized spacial score (nSPS) is 22.0. The number of carbonyl (C=O) groups excluding carboxylic acids is 1. The summed E-state index contributed by atoms with van der Waals surface area (Å²) in [5, 5.41) is 0.343. The highest BCUT2D eigenvalue weighted by atomic mass is 35.5. The Morgan fingerprint density at radius 3 is 2.74 bits per heavy atom. The Labute approximate surface area is 254 Å². The van der Waals surface area contributed by atoms with Gasteiger partial charge < -0.3 is 23.7 Å². The minimum absolute atomic E-state index is 0.0667. The molecule has 5 heterocycles. The molecule has 2 fully saturated rings. The minimum atomic E-state index is -0.575. The number of hydrogen-bond acceptors (Lipinski definition) is 8. The molecule has 224 valence electrons. The van der Waals surface area contributed by atoms with E-state index >= 15 is 0 Å². The van der Waals surface area contributed by atoms with Crippen LogP contribution < -0.4 is 14.4 Å². The molecule has 4 aromatic rings. The third kappa shape index (κ3) is 5.43. The molecular formula is C32H33ClFN5O4. The van der Waals surface area contributed by atoms with Gasteiger partial charge in [0.1, 0.15) is 29.5 Å². The summed E-state index contributed by atoms with van der Waals surface area (Å²) in [5.74, 6) is 1.72. The fraction of sp³-hybridized carbons (Fsp3) is 0.406. The molecule has 3 aliphatic rings. The predicted octanol–water partition coefficient (Wildman–Crippen LogP) is 5.44. The lowest BCUT2D eigenvalue weighted by Crippen LogP contribution is -2.52. The number of rotatable bonds is 7. The van der Waals surface area contributed by atoms with E-state index in [0.29, 0.717) is 40.9 Å². The lowest BCUT2D eigenvalue weighted by atomic mass is 10.1. The summed E-state index contributed by atoms with van der Waals surface area (Å²) < 4.78 is 35.0. The number of para-hydroxylation sites is 1. The Bertz CT molecular complexity index is 1690. The molecule has 9 nitrogen and oxygen atoms in total. The zero-order chi connectivity index (χ0) is 29.7. The first-order valence-corrected chi connectivity index (χ1v) is 15.1. The fourth-order valence-electron chi connectivity index (χ4n) is 6.06. The number of aromatic nitrogens is 3. The van der Waals surface area contributed by atoms with Crippen LogP contribution in [0.5, 0.6) is 11.5 Å². The molecular weight excluding hydrogens is 573 g/mol. The first-order chi connectivity index (χ1) is 20.8. The summed E-state index contributed by atoms with van der Waals surface area (Å²) in [6, 6.07) is 14.3. The molecule has 3 atom stereocenters. The van der Waals surface area contributed by atoms with Crippen LogP contribution in [0.2, 0.25) is 5.02 Å². The van der Waals surface area contributed by atoms with Crippen molar-refractivity contribution in [1.29, 1.82) is 0 Å². The van der Waals surface area contributed by atoms with Gasteiger partial charge in [0.15, 0.2) is 29.0 Å². The molecule has 43 heavy (non-hydrogen) atoms. The first-order valence-electron chi connectivity index (χ1n) is 14.7. The first kappa shape index (κ1) is 28.1. The summed E-state index contributed by atoms with van der Waals surface area (Å²) in [5.41, 5.74) is 3.30. The molecule has 3 aliphatic heterocycles. The van der Waals surface area contributed by atoms with Crippen molar-refractivity contribution in [1.82, 2.24) is 19.4 Å². The number of halogens is 2. The Kier molecular flexibility index (Phi) is 7.44. The molecule has 0 spiro atoms. The maximum absolute atomic E-state index is 14.7. The number of anilines is 1. The standard InChI is InChI=1S/C32H33ClFN5O4/c1-19-15-38(27-4-3-5-28-31(27)43-29(18-42-28)23-7-6-21(33)14-24(23)34)12-11-37(19)17-30-35-26-9-8-25(20(2)40)36-32(26)39(30)16-22-10-13-41-22/h3-9,14,19,22,29H,10-13,15-18H2,1-2H3/t19-,22-,29-/m0/s1. The van der Waals surface area contributed by atoms with Crippen LogP contribution in [-0.2, 0) is 17.8 Å². The molecule has 2 aromatic carbocycles. The number of fused-ring (bicyclic) bond motifs is 2. The van der Waals surface area contributed by atoms with Crippen molar-refractivity contribution in [2.75, 3.05) is 37.7 Å². The van der Waals surface area contributed by atoms with E-state index in [1.807, 2.05) is 24.3 Å². The number of imidazole rings is 1. The van der Waals surface area contributed by atoms with Crippen molar-refractivity contribution in [2.45, 2.75) is 51.6 Å². The topological polar surface area (TPSA) is 82.0 Å². The Balaban J connectivity index is 1.10. The van der Waals surface area contributed by atoms with Crippen molar-refractivity contribution < 1.29 is 23.4 Å². The van der Waals surface area contributed by atoms with E-state index in [1.165, 1.54) is 13.0 Å². The average Bonchev–Trinajstić information content (AvgIpc) is 3.31. The number of ether oxygens (including phenoxy) is 3. The van der Waals surface area contributed by atoms with Crippen molar-refractivity contribution in [3.05, 3.63) is 76.5 Å². The van der Waals surface area contributed by atoms with Crippen molar-refractivity contribution >= 4 is 34.2 Å². The quantitative estimate of drug-likeness (QED) is 0.258. The molecule has 0 saturated carbocycles. The maximum atomic E-state index is 14.7. The van der Waals surface area contributed by atoms with Gasteiger partial charge in [0.2, 0.25) is 0 Å². The average molecular weight is 606 g/mol. The molecule has 0 N–H and O–H groups in total. The Hall–Kier alpha value is -3.73. The van der Waals surface area contributed by atoms with E-state index < -0.39 is 11.9 Å². The molecule has 11 heteroatoms. The van der Waals surface area contributed by atoms with Gasteiger partial charge in [0, 0.05) is 49.8 Å². The number of nitrogens with zero attached hydrogens (tertiary/aromatic N) is 5. The maximum Gasteiger partial charge on any atom is 0.185 e. The highest BCUT2D eigenvalue weighted by molar-refractivity contribution is 6.30. The molecule has 0 amide bonds. The zero-order valence-corrected chi connectivity index (χ0v) is 24.9. The number of piperazine rings is 1. The smallest absolute Gasteiger partial charge is 0.185 e. The van der Waals surface area contributed by atoms with Crippen LogP contribution in [0.15, 0.2) is 48.5 Å². The summed E-state index contributed by atoms with van der Waals surface area (Å²) in [6.45, 7) is 8.37. The lowest BCUT2D eigenvalue weighted by Gasteiger charge is -2.42. The summed E-state index contributed by atoms with van der Waals surface area (Å²) in [4.78, 5) is 26.4. The number of benzene rings is 2. The molecule has 0 aliphatic carbocycles. The van der Waals surface area contributed by atoms with E-state index in [1.54, 1.807) is 18.2 Å². The predicted molar refractivity (Wildman–Crippen MR) is 161 cm³/mol. The van der Waals surface area contributed by atoms with Crippen LogP contribution in [-0.4, -0.2) is 70.2 Å².